The Hall–Kier alpha value is -0.880. The van der Waals surface area contributed by atoms with Gasteiger partial charge in [-0.05, 0) is 6.92 Å². The van der Waals surface area contributed by atoms with Gasteiger partial charge >= 0.3 is 0 Å². The number of nitrogens with zero attached hydrogens (tertiary/aromatic N) is 2. The molecule has 0 saturated heterocycles. The molecule has 98 valence electrons. The molecule has 1 heterocycles. The number of hydrogen-bond acceptors (Lipinski definition) is 4. The van der Waals surface area contributed by atoms with Gasteiger partial charge in [-0.25, -0.2) is 4.98 Å². The van der Waals surface area contributed by atoms with Crippen molar-refractivity contribution in [3.63, 3.8) is 0 Å². The van der Waals surface area contributed by atoms with Gasteiger partial charge in [0.1, 0.15) is 0 Å². The molecule has 0 spiro atoms. The molecular weight excluding hydrogens is 238 g/mol. The van der Waals surface area contributed by atoms with Crippen LogP contribution in [0.4, 0.5) is 5.95 Å². The minimum Gasteiger partial charge on any atom is -0.383 e. The third-order valence-electron chi connectivity index (χ3n) is 2.37. The van der Waals surface area contributed by atoms with E-state index in [4.69, 9.17) is 4.74 Å². The van der Waals surface area contributed by atoms with Crippen molar-refractivity contribution in [2.24, 2.45) is 0 Å². The van der Waals surface area contributed by atoms with Gasteiger partial charge in [-0.2, -0.15) is 0 Å². The Labute approximate surface area is 105 Å². The predicted octanol–water partition coefficient (Wildman–Crippen LogP) is 1.02. The molecular formula is C11H21N3O2S. The molecule has 0 aliphatic carbocycles. The van der Waals surface area contributed by atoms with Crippen molar-refractivity contribution in [2.45, 2.75) is 20.4 Å². The second kappa shape index (κ2) is 7.45. The number of nitrogens with one attached hydrogen (secondary N) is 1. The van der Waals surface area contributed by atoms with Crippen molar-refractivity contribution in [3.8, 4) is 0 Å². The van der Waals surface area contributed by atoms with E-state index in [-0.39, 0.29) is 0 Å². The highest BCUT2D eigenvalue weighted by molar-refractivity contribution is 7.84. The molecule has 0 aliphatic rings. The summed E-state index contributed by atoms with van der Waals surface area (Å²) in [7, 11) is 0.952. The molecule has 1 aromatic heterocycles. The van der Waals surface area contributed by atoms with Crippen LogP contribution in [0.25, 0.3) is 0 Å². The average molecular weight is 259 g/mol. The fourth-order valence-electron chi connectivity index (χ4n) is 1.47. The number of hydrogen-bond donors (Lipinski definition) is 1. The van der Waals surface area contributed by atoms with Gasteiger partial charge in [0.2, 0.25) is 5.95 Å². The summed E-state index contributed by atoms with van der Waals surface area (Å²) in [6.07, 6.45) is 1.98. The van der Waals surface area contributed by atoms with Crippen LogP contribution in [0.3, 0.4) is 0 Å². The zero-order chi connectivity index (χ0) is 12.7. The van der Waals surface area contributed by atoms with Crippen LogP contribution in [0.5, 0.6) is 0 Å². The van der Waals surface area contributed by atoms with E-state index >= 15 is 0 Å². The Morgan fingerprint density at radius 3 is 3.00 bits per heavy atom. The van der Waals surface area contributed by atoms with Crippen molar-refractivity contribution in [2.75, 3.05) is 37.1 Å². The molecule has 17 heavy (non-hydrogen) atoms. The maximum absolute atomic E-state index is 11.3. The lowest BCUT2D eigenvalue weighted by atomic mass is 10.5. The summed E-state index contributed by atoms with van der Waals surface area (Å²) in [5.41, 5.74) is 0.972. The van der Waals surface area contributed by atoms with Gasteiger partial charge in [0.25, 0.3) is 0 Å². The minimum absolute atomic E-state index is 0.658. The first kappa shape index (κ1) is 14.2. The van der Waals surface area contributed by atoms with Crippen molar-refractivity contribution in [1.82, 2.24) is 9.55 Å². The molecule has 0 fully saturated rings. The summed E-state index contributed by atoms with van der Waals surface area (Å²) in [6, 6.07) is 0. The standard InChI is InChI=1S/C11H21N3O2S/c1-4-17(15)8-5-12-11-13-10(2)9-14(11)6-7-16-3/h9H,4-8H2,1-3H3,(H,12,13). The number of anilines is 1. The first-order valence-corrected chi connectivity index (χ1v) is 7.27. The number of aromatic nitrogens is 2. The van der Waals surface area contributed by atoms with E-state index < -0.39 is 10.8 Å². The van der Waals surface area contributed by atoms with Crippen LogP contribution in [0.2, 0.25) is 0 Å². The van der Waals surface area contributed by atoms with Crippen molar-refractivity contribution in [3.05, 3.63) is 11.9 Å². The fraction of sp³-hybridized carbons (Fsp3) is 0.727. The quantitative estimate of drug-likeness (QED) is 0.757. The molecule has 0 aromatic carbocycles. The van der Waals surface area contributed by atoms with Gasteiger partial charge in [0.05, 0.1) is 12.3 Å². The van der Waals surface area contributed by atoms with Crippen molar-refractivity contribution >= 4 is 16.7 Å². The summed E-state index contributed by atoms with van der Waals surface area (Å²) in [5, 5.41) is 3.21. The lowest BCUT2D eigenvalue weighted by molar-refractivity contribution is 0.187. The van der Waals surface area contributed by atoms with Gasteiger partial charge in [0, 0.05) is 48.7 Å². The molecule has 1 rings (SSSR count). The molecule has 0 aliphatic heterocycles. The van der Waals surface area contributed by atoms with E-state index in [2.05, 4.69) is 10.3 Å². The topological polar surface area (TPSA) is 56.2 Å². The Morgan fingerprint density at radius 1 is 1.59 bits per heavy atom. The number of methoxy groups -OCH3 is 1. The fourth-order valence-corrected chi connectivity index (χ4v) is 2.09. The van der Waals surface area contributed by atoms with Crippen molar-refractivity contribution < 1.29 is 8.95 Å². The maximum Gasteiger partial charge on any atom is 0.203 e. The number of ether oxygens (including phenoxy) is 1. The molecule has 6 heteroatoms. The molecule has 0 saturated carbocycles. The van der Waals surface area contributed by atoms with E-state index in [1.165, 1.54) is 0 Å². The van der Waals surface area contributed by atoms with Crippen LogP contribution in [-0.4, -0.2) is 45.5 Å². The molecule has 1 aromatic rings. The van der Waals surface area contributed by atoms with E-state index in [1.54, 1.807) is 7.11 Å². The third-order valence-corrected chi connectivity index (χ3v) is 3.67. The molecule has 1 N–H and O–H groups in total. The van der Waals surface area contributed by atoms with Crippen LogP contribution in [0.1, 0.15) is 12.6 Å². The SMILES string of the molecule is CCS(=O)CCNc1nc(C)cn1CCOC. The predicted molar refractivity (Wildman–Crippen MR) is 70.9 cm³/mol. The Kier molecular flexibility index (Phi) is 6.21. The van der Waals surface area contributed by atoms with Gasteiger partial charge in [-0.1, -0.05) is 6.92 Å². The number of aryl methyl sites for hydroxylation is 1. The van der Waals surface area contributed by atoms with E-state index in [0.717, 1.165) is 18.2 Å². The zero-order valence-corrected chi connectivity index (χ0v) is 11.5. The first-order valence-electron chi connectivity index (χ1n) is 5.79. The number of imidazole rings is 1. The van der Waals surface area contributed by atoms with E-state index in [1.807, 2.05) is 24.6 Å². The average Bonchev–Trinajstić information content (AvgIpc) is 2.67. The summed E-state index contributed by atoms with van der Waals surface area (Å²) < 4.78 is 18.4. The smallest absolute Gasteiger partial charge is 0.203 e. The van der Waals surface area contributed by atoms with Gasteiger partial charge in [-0.3, -0.25) is 4.21 Å². The summed E-state index contributed by atoms with van der Waals surface area (Å²) >= 11 is 0. The van der Waals surface area contributed by atoms with Crippen LogP contribution in [0, 0.1) is 6.92 Å². The highest BCUT2D eigenvalue weighted by atomic mass is 32.2. The van der Waals surface area contributed by atoms with E-state index in [0.29, 0.717) is 24.7 Å². The first-order chi connectivity index (χ1) is 8.17. The van der Waals surface area contributed by atoms with Crippen LogP contribution >= 0.6 is 0 Å². The van der Waals surface area contributed by atoms with Gasteiger partial charge in [0.15, 0.2) is 0 Å². The summed E-state index contributed by atoms with van der Waals surface area (Å²) in [5.74, 6) is 2.19. The largest absolute Gasteiger partial charge is 0.383 e. The van der Waals surface area contributed by atoms with Crippen LogP contribution in [0.15, 0.2) is 6.20 Å². The maximum atomic E-state index is 11.3. The molecule has 1 unspecified atom stereocenters. The molecule has 0 radical (unpaired) electrons. The Balaban J connectivity index is 2.48. The van der Waals surface area contributed by atoms with Crippen molar-refractivity contribution in [1.29, 1.82) is 0 Å². The second-order valence-corrected chi connectivity index (χ2v) is 5.62. The Morgan fingerprint density at radius 2 is 2.35 bits per heavy atom. The minimum atomic E-state index is -0.730. The highest BCUT2D eigenvalue weighted by Gasteiger charge is 2.05. The monoisotopic (exact) mass is 259 g/mol. The number of rotatable bonds is 8. The molecule has 1 atom stereocenters. The van der Waals surface area contributed by atoms with Crippen LogP contribution in [-0.2, 0) is 22.1 Å². The normalized spacial score (nSPS) is 12.6. The second-order valence-electron chi connectivity index (χ2n) is 3.75. The molecule has 5 nitrogen and oxygen atoms in total. The summed E-state index contributed by atoms with van der Waals surface area (Å²) in [4.78, 5) is 4.38. The lowest BCUT2D eigenvalue weighted by Gasteiger charge is -2.08. The molecule has 0 bridgehead atoms. The Bertz CT molecular complexity index is 366. The summed E-state index contributed by atoms with van der Waals surface area (Å²) in [6.45, 7) is 6.00. The highest BCUT2D eigenvalue weighted by Crippen LogP contribution is 2.07. The van der Waals surface area contributed by atoms with Gasteiger partial charge < -0.3 is 14.6 Å². The zero-order valence-electron chi connectivity index (χ0n) is 10.7. The van der Waals surface area contributed by atoms with Gasteiger partial charge in [-0.15, -0.1) is 0 Å². The lowest BCUT2D eigenvalue weighted by Crippen LogP contribution is -2.16. The van der Waals surface area contributed by atoms with E-state index in [9.17, 15) is 4.21 Å². The molecule has 0 amide bonds. The van der Waals surface area contributed by atoms with Crippen LogP contribution < -0.4 is 5.32 Å². The third kappa shape index (κ3) is 4.87.